The summed E-state index contributed by atoms with van der Waals surface area (Å²) >= 11 is 0. The number of rotatable bonds is 4. The number of carboxylic acids is 1. The van der Waals surface area contributed by atoms with E-state index < -0.39 is 11.6 Å². The van der Waals surface area contributed by atoms with Crippen molar-refractivity contribution in [2.24, 2.45) is 0 Å². The molecule has 5 rings (SSSR count). The number of nitrogens with one attached hydrogen (secondary N) is 1. The van der Waals surface area contributed by atoms with Crippen LogP contribution in [0.15, 0.2) is 12.1 Å². The first-order valence-corrected chi connectivity index (χ1v) is 9.67. The smallest absolute Gasteiger partial charge is 0.317 e. The van der Waals surface area contributed by atoms with Crippen molar-refractivity contribution in [2.75, 3.05) is 27.2 Å². The molecule has 2 heterocycles. The highest BCUT2D eigenvalue weighted by atomic mass is 16.5. The number of hydrogen-bond acceptors (Lipinski definition) is 6. The third-order valence-corrected chi connectivity index (χ3v) is 7.57. The Morgan fingerprint density at radius 3 is 3.00 bits per heavy atom. The third kappa shape index (κ3) is 1.94. The molecular formula is C20H26N2O5. The molecule has 0 unspecified atom stereocenters. The summed E-state index contributed by atoms with van der Waals surface area (Å²) < 4.78 is 12.8. The van der Waals surface area contributed by atoms with Gasteiger partial charge in [-0.3, -0.25) is 4.79 Å². The van der Waals surface area contributed by atoms with E-state index in [1.54, 1.807) is 13.2 Å². The highest BCUT2D eigenvalue weighted by Crippen LogP contribution is 2.66. The van der Waals surface area contributed by atoms with Crippen LogP contribution in [-0.2, 0) is 21.4 Å². The summed E-state index contributed by atoms with van der Waals surface area (Å²) in [7, 11) is 3.95. The van der Waals surface area contributed by atoms with Crippen LogP contribution in [0.1, 0.15) is 30.4 Å². The Morgan fingerprint density at radius 2 is 2.26 bits per heavy atom. The average Bonchev–Trinajstić information content (AvgIpc) is 3.01. The van der Waals surface area contributed by atoms with Gasteiger partial charge in [0.15, 0.2) is 11.5 Å². The van der Waals surface area contributed by atoms with Gasteiger partial charge >= 0.3 is 5.97 Å². The number of likely N-dealkylation sites (N-methyl/N-ethyl adjacent to an activating group) is 1. The lowest BCUT2D eigenvalue weighted by Gasteiger charge is -2.65. The van der Waals surface area contributed by atoms with E-state index in [2.05, 4.69) is 17.3 Å². The summed E-state index contributed by atoms with van der Waals surface area (Å²) in [4.78, 5) is 13.5. The van der Waals surface area contributed by atoms with Gasteiger partial charge in [-0.15, -0.1) is 0 Å². The van der Waals surface area contributed by atoms with Crippen LogP contribution >= 0.6 is 0 Å². The van der Waals surface area contributed by atoms with Crippen molar-refractivity contribution in [1.29, 1.82) is 0 Å². The minimum atomic E-state index is -0.875. The number of aromatic hydroxyl groups is 1. The Hall–Kier alpha value is -1.83. The molecule has 4 aliphatic rings. The van der Waals surface area contributed by atoms with Gasteiger partial charge in [-0.2, -0.15) is 0 Å². The number of nitrogens with zero attached hydrogens (tertiary/aromatic N) is 1. The molecule has 2 bridgehead atoms. The molecule has 1 saturated heterocycles. The van der Waals surface area contributed by atoms with E-state index >= 15 is 0 Å². The molecule has 1 aromatic rings. The summed E-state index contributed by atoms with van der Waals surface area (Å²) in [6, 6.07) is 3.89. The van der Waals surface area contributed by atoms with E-state index in [4.69, 9.17) is 14.6 Å². The zero-order chi connectivity index (χ0) is 19.0. The quantitative estimate of drug-likeness (QED) is 0.720. The number of ether oxygens (including phenoxy) is 2. The van der Waals surface area contributed by atoms with Crippen molar-refractivity contribution in [3.63, 3.8) is 0 Å². The lowest BCUT2D eigenvalue weighted by Crippen LogP contribution is -2.78. The van der Waals surface area contributed by atoms with E-state index in [-0.39, 0.29) is 35.9 Å². The lowest BCUT2D eigenvalue weighted by molar-refractivity contribution is -0.203. The van der Waals surface area contributed by atoms with Gasteiger partial charge in [0.05, 0.1) is 17.6 Å². The van der Waals surface area contributed by atoms with Gasteiger partial charge in [0.2, 0.25) is 0 Å². The molecule has 0 radical (unpaired) electrons. The largest absolute Gasteiger partial charge is 0.504 e. The zero-order valence-electron chi connectivity index (χ0n) is 15.7. The van der Waals surface area contributed by atoms with Gasteiger partial charge in [0, 0.05) is 24.8 Å². The fourth-order valence-corrected chi connectivity index (χ4v) is 6.57. The Kier molecular flexibility index (Phi) is 3.58. The molecule has 5 atom stereocenters. The molecule has 0 aromatic heterocycles. The predicted molar refractivity (Wildman–Crippen MR) is 97.3 cm³/mol. The van der Waals surface area contributed by atoms with Crippen molar-refractivity contribution in [2.45, 2.75) is 54.9 Å². The number of hydrogen-bond donors (Lipinski definition) is 3. The average molecular weight is 374 g/mol. The second-order valence-corrected chi connectivity index (χ2v) is 8.42. The number of carboxylic acid groups (broad SMARTS) is 1. The molecule has 2 aliphatic heterocycles. The van der Waals surface area contributed by atoms with Gasteiger partial charge in [-0.25, -0.2) is 0 Å². The first-order valence-electron chi connectivity index (χ1n) is 9.67. The van der Waals surface area contributed by atoms with Gasteiger partial charge in [-0.1, -0.05) is 6.07 Å². The second kappa shape index (κ2) is 5.59. The molecular weight excluding hydrogens is 348 g/mol. The van der Waals surface area contributed by atoms with Gasteiger partial charge in [0.25, 0.3) is 0 Å². The molecule has 146 valence electrons. The van der Waals surface area contributed by atoms with Crippen molar-refractivity contribution in [3.8, 4) is 11.5 Å². The van der Waals surface area contributed by atoms with Gasteiger partial charge < -0.3 is 29.9 Å². The molecule has 2 fully saturated rings. The van der Waals surface area contributed by atoms with Crippen LogP contribution in [0.2, 0.25) is 0 Å². The number of likely N-dealkylation sites (tertiary alicyclic amines) is 1. The number of benzene rings is 1. The first-order chi connectivity index (χ1) is 12.9. The maximum absolute atomic E-state index is 11.1. The first kappa shape index (κ1) is 17.3. The fraction of sp³-hybridized carbons (Fsp3) is 0.650. The molecule has 2 aliphatic carbocycles. The highest BCUT2D eigenvalue weighted by Gasteiger charge is 2.73. The summed E-state index contributed by atoms with van der Waals surface area (Å²) in [5, 5.41) is 22.9. The number of methoxy groups -OCH3 is 1. The maximum atomic E-state index is 11.1. The third-order valence-electron chi connectivity index (χ3n) is 7.57. The SMILES string of the molecule is CO[C@@]12CC[C@@H](NCC(=O)O)[C@@H]3Oc4c(O)ccc5c4[C@@]31CCN(C)[C@@H]2C5. The number of aliphatic carboxylic acids is 1. The lowest BCUT2D eigenvalue weighted by atomic mass is 9.48. The normalized spacial score (nSPS) is 39.0. The Bertz CT molecular complexity index is 814. The van der Waals surface area contributed by atoms with E-state index in [1.165, 1.54) is 5.56 Å². The van der Waals surface area contributed by atoms with Crippen molar-refractivity contribution in [3.05, 3.63) is 23.3 Å². The zero-order valence-corrected chi connectivity index (χ0v) is 15.7. The summed E-state index contributed by atoms with van der Waals surface area (Å²) in [5.74, 6) is -0.136. The van der Waals surface area contributed by atoms with Crippen LogP contribution in [0, 0.1) is 0 Å². The molecule has 1 saturated carbocycles. The van der Waals surface area contributed by atoms with Crippen molar-refractivity contribution in [1.82, 2.24) is 10.2 Å². The fourth-order valence-electron chi connectivity index (χ4n) is 6.57. The minimum absolute atomic E-state index is 0.0915. The van der Waals surface area contributed by atoms with Crippen molar-refractivity contribution < 1.29 is 24.5 Å². The van der Waals surface area contributed by atoms with Crippen molar-refractivity contribution >= 4 is 5.97 Å². The summed E-state index contributed by atoms with van der Waals surface area (Å²) in [5.41, 5.74) is 1.56. The molecule has 27 heavy (non-hydrogen) atoms. The molecule has 7 heteroatoms. The van der Waals surface area contributed by atoms with E-state index in [1.807, 2.05) is 6.07 Å². The Morgan fingerprint density at radius 1 is 1.44 bits per heavy atom. The topological polar surface area (TPSA) is 91.3 Å². The minimum Gasteiger partial charge on any atom is -0.504 e. The van der Waals surface area contributed by atoms with E-state index in [9.17, 15) is 9.90 Å². The number of phenols is 1. The van der Waals surface area contributed by atoms with Crippen LogP contribution in [0.3, 0.4) is 0 Å². The molecule has 1 spiro atoms. The van der Waals surface area contributed by atoms with Gasteiger partial charge in [0.1, 0.15) is 6.10 Å². The molecule has 7 nitrogen and oxygen atoms in total. The summed E-state index contributed by atoms with van der Waals surface area (Å²) in [6.07, 6.45) is 3.11. The number of piperidine rings is 1. The number of phenolic OH excluding ortho intramolecular Hbond substituents is 1. The Balaban J connectivity index is 1.71. The molecule has 1 aromatic carbocycles. The van der Waals surface area contributed by atoms with Crippen LogP contribution in [0.5, 0.6) is 11.5 Å². The van der Waals surface area contributed by atoms with Crippen LogP contribution in [-0.4, -0.2) is 72.1 Å². The highest BCUT2D eigenvalue weighted by molar-refractivity contribution is 5.69. The van der Waals surface area contributed by atoms with Gasteiger partial charge in [-0.05, 0) is 50.9 Å². The second-order valence-electron chi connectivity index (χ2n) is 8.42. The van der Waals surface area contributed by atoms with E-state index in [0.29, 0.717) is 5.75 Å². The standard InChI is InChI=1S/C20H26N2O5/c1-22-8-7-19-16-11-3-4-13(23)17(16)27-18(19)12(21-10-15(24)25)5-6-20(19,26-2)14(22)9-11/h3-4,12,14,18,21,23H,5-10H2,1-2H3,(H,24,25)/t12-,14-,18+,19+,20-/m1/s1. The maximum Gasteiger partial charge on any atom is 0.317 e. The summed E-state index contributed by atoms with van der Waals surface area (Å²) in [6.45, 7) is 0.828. The monoisotopic (exact) mass is 374 g/mol. The Labute approximate surface area is 158 Å². The molecule has 0 amide bonds. The van der Waals surface area contributed by atoms with E-state index in [0.717, 1.165) is 37.8 Å². The number of carbonyl (C=O) groups is 1. The van der Waals surface area contributed by atoms with Crippen LogP contribution in [0.25, 0.3) is 0 Å². The van der Waals surface area contributed by atoms with Crippen LogP contribution in [0.4, 0.5) is 0 Å². The predicted octanol–water partition coefficient (Wildman–Crippen LogP) is 0.873. The molecule has 3 N–H and O–H groups in total. The van der Waals surface area contributed by atoms with Crippen LogP contribution < -0.4 is 10.1 Å².